The molecular weight excluding hydrogens is 248 g/mol. The molecule has 0 aliphatic carbocycles. The van der Waals surface area contributed by atoms with Crippen LogP contribution in [0.25, 0.3) is 5.82 Å². The first-order valence-electron chi connectivity index (χ1n) is 5.07. The minimum Gasteiger partial charge on any atom is -0.273 e. The molecule has 92 valence electrons. The average molecular weight is 254 g/mol. The van der Waals surface area contributed by atoms with E-state index in [0.29, 0.717) is 11.4 Å². The predicted molar refractivity (Wildman–Crippen MR) is 62.2 cm³/mol. The predicted octanol–water partition coefficient (Wildman–Crippen LogP) is 1.23. The van der Waals surface area contributed by atoms with E-state index in [-0.39, 0.29) is 17.1 Å². The third kappa shape index (κ3) is 1.98. The van der Waals surface area contributed by atoms with Gasteiger partial charge in [0.05, 0.1) is 4.92 Å². The highest BCUT2D eigenvalue weighted by Crippen LogP contribution is 2.19. The Kier molecular flexibility index (Phi) is 2.92. The largest absolute Gasteiger partial charge is 0.287 e. The van der Waals surface area contributed by atoms with Gasteiger partial charge in [-0.15, -0.1) is 0 Å². The van der Waals surface area contributed by atoms with E-state index in [2.05, 4.69) is 9.97 Å². The van der Waals surface area contributed by atoms with Crippen molar-refractivity contribution in [2.24, 2.45) is 0 Å². The van der Waals surface area contributed by atoms with Gasteiger partial charge in [0.1, 0.15) is 30.5 Å². The Hall–Kier alpha value is -3.26. The first-order chi connectivity index (χ1) is 9.08. The molecule has 0 radical (unpaired) electrons. The van der Waals surface area contributed by atoms with Crippen LogP contribution in [0, 0.1) is 39.7 Å². The SMILES string of the molecule is Cc1cc([N+](=O)[O-])cnc1-n1cnc(C#N)c1C#N. The van der Waals surface area contributed by atoms with Crippen LogP contribution >= 0.6 is 0 Å². The minimum absolute atomic E-state index is 0.0120. The maximum Gasteiger partial charge on any atom is 0.287 e. The lowest BCUT2D eigenvalue weighted by molar-refractivity contribution is -0.385. The Morgan fingerprint density at radius 2 is 2.11 bits per heavy atom. The summed E-state index contributed by atoms with van der Waals surface area (Å²) in [6, 6.07) is 5.00. The smallest absolute Gasteiger partial charge is 0.273 e. The van der Waals surface area contributed by atoms with Gasteiger partial charge in [-0.25, -0.2) is 9.97 Å². The number of hydrogen-bond donors (Lipinski definition) is 0. The van der Waals surface area contributed by atoms with Crippen LogP contribution in [-0.2, 0) is 0 Å². The standard InChI is InChI=1S/C11H6N6O2/c1-7-2-8(17(18)19)5-14-11(7)16-6-15-9(3-12)10(16)4-13/h2,5-6H,1H3. The molecule has 0 amide bonds. The summed E-state index contributed by atoms with van der Waals surface area (Å²) in [5, 5.41) is 28.5. The van der Waals surface area contributed by atoms with E-state index in [1.807, 2.05) is 6.07 Å². The van der Waals surface area contributed by atoms with Crippen molar-refractivity contribution in [2.75, 3.05) is 0 Å². The molecular formula is C11H6N6O2. The summed E-state index contributed by atoms with van der Waals surface area (Å²) in [5.41, 5.74) is 0.405. The molecule has 2 aromatic heterocycles. The van der Waals surface area contributed by atoms with Gasteiger partial charge >= 0.3 is 0 Å². The van der Waals surface area contributed by atoms with Gasteiger partial charge in [-0.2, -0.15) is 10.5 Å². The molecule has 0 spiro atoms. The number of rotatable bonds is 2. The molecule has 8 heteroatoms. The van der Waals surface area contributed by atoms with Gasteiger partial charge in [0.2, 0.25) is 0 Å². The van der Waals surface area contributed by atoms with E-state index < -0.39 is 4.92 Å². The van der Waals surface area contributed by atoms with E-state index in [9.17, 15) is 10.1 Å². The lowest BCUT2D eigenvalue weighted by Crippen LogP contribution is -2.03. The summed E-state index contributed by atoms with van der Waals surface area (Å²) in [5.74, 6) is 0.330. The van der Waals surface area contributed by atoms with Crippen LogP contribution in [0.5, 0.6) is 0 Å². The van der Waals surface area contributed by atoms with Crippen molar-refractivity contribution in [1.29, 1.82) is 10.5 Å². The molecule has 0 aromatic carbocycles. The Morgan fingerprint density at radius 3 is 2.63 bits per heavy atom. The quantitative estimate of drug-likeness (QED) is 0.586. The lowest BCUT2D eigenvalue weighted by Gasteiger charge is -2.05. The van der Waals surface area contributed by atoms with Crippen LogP contribution in [0.1, 0.15) is 17.0 Å². The van der Waals surface area contributed by atoms with Gasteiger partial charge in [-0.05, 0) is 12.5 Å². The van der Waals surface area contributed by atoms with Crippen LogP contribution in [0.4, 0.5) is 5.69 Å². The first-order valence-corrected chi connectivity index (χ1v) is 5.07. The van der Waals surface area contributed by atoms with Crippen molar-refractivity contribution in [2.45, 2.75) is 6.92 Å². The molecule has 2 rings (SSSR count). The van der Waals surface area contributed by atoms with Crippen molar-refractivity contribution < 1.29 is 4.92 Å². The monoisotopic (exact) mass is 254 g/mol. The maximum absolute atomic E-state index is 10.6. The van der Waals surface area contributed by atoms with Crippen molar-refractivity contribution in [3.05, 3.63) is 45.7 Å². The Morgan fingerprint density at radius 1 is 1.37 bits per heavy atom. The number of aromatic nitrogens is 3. The normalized spacial score (nSPS) is 9.63. The summed E-state index contributed by atoms with van der Waals surface area (Å²) in [7, 11) is 0. The van der Waals surface area contributed by atoms with Crippen LogP contribution in [0.2, 0.25) is 0 Å². The minimum atomic E-state index is -0.552. The van der Waals surface area contributed by atoms with Crippen molar-refractivity contribution in [3.63, 3.8) is 0 Å². The molecule has 0 saturated heterocycles. The van der Waals surface area contributed by atoms with E-state index in [4.69, 9.17) is 10.5 Å². The van der Waals surface area contributed by atoms with Crippen LogP contribution < -0.4 is 0 Å². The number of aryl methyl sites for hydroxylation is 1. The fourth-order valence-electron chi connectivity index (χ4n) is 1.60. The third-order valence-electron chi connectivity index (χ3n) is 2.45. The van der Waals surface area contributed by atoms with Crippen molar-refractivity contribution >= 4 is 5.69 Å². The fourth-order valence-corrected chi connectivity index (χ4v) is 1.60. The number of nitriles is 2. The zero-order chi connectivity index (χ0) is 14.0. The molecule has 0 saturated carbocycles. The molecule has 0 bridgehead atoms. The van der Waals surface area contributed by atoms with Crippen molar-refractivity contribution in [3.8, 4) is 18.0 Å². The zero-order valence-corrected chi connectivity index (χ0v) is 9.73. The molecule has 8 nitrogen and oxygen atoms in total. The van der Waals surface area contributed by atoms with E-state index in [1.165, 1.54) is 17.0 Å². The highest BCUT2D eigenvalue weighted by Gasteiger charge is 2.16. The second-order valence-electron chi connectivity index (χ2n) is 3.63. The van der Waals surface area contributed by atoms with Gasteiger partial charge in [-0.1, -0.05) is 0 Å². The fraction of sp³-hybridized carbons (Fsp3) is 0.0909. The Bertz CT molecular complexity index is 750. The highest BCUT2D eigenvalue weighted by atomic mass is 16.6. The molecule has 2 heterocycles. The average Bonchev–Trinajstić information content (AvgIpc) is 2.80. The molecule has 0 fully saturated rings. The highest BCUT2D eigenvalue weighted by molar-refractivity contribution is 5.46. The summed E-state index contributed by atoms with van der Waals surface area (Å²) < 4.78 is 1.33. The van der Waals surface area contributed by atoms with E-state index in [1.54, 1.807) is 13.0 Å². The molecule has 0 N–H and O–H groups in total. The maximum atomic E-state index is 10.6. The molecule has 19 heavy (non-hydrogen) atoms. The summed E-state index contributed by atoms with van der Waals surface area (Å²) in [6.07, 6.45) is 2.38. The topological polar surface area (TPSA) is 121 Å². The van der Waals surface area contributed by atoms with Crippen LogP contribution in [0.3, 0.4) is 0 Å². The number of pyridine rings is 1. The lowest BCUT2D eigenvalue weighted by atomic mass is 10.2. The van der Waals surface area contributed by atoms with E-state index in [0.717, 1.165) is 6.20 Å². The van der Waals surface area contributed by atoms with Crippen LogP contribution in [-0.4, -0.2) is 19.5 Å². The van der Waals surface area contributed by atoms with Crippen LogP contribution in [0.15, 0.2) is 18.6 Å². The van der Waals surface area contributed by atoms with Gasteiger partial charge < -0.3 is 0 Å². The summed E-state index contributed by atoms with van der Waals surface area (Å²) in [6.45, 7) is 1.63. The van der Waals surface area contributed by atoms with Gasteiger partial charge in [-0.3, -0.25) is 14.7 Å². The van der Waals surface area contributed by atoms with Gasteiger partial charge in [0.15, 0.2) is 11.4 Å². The molecule has 0 unspecified atom stereocenters. The van der Waals surface area contributed by atoms with Gasteiger partial charge in [0.25, 0.3) is 5.69 Å². The number of hydrogen-bond acceptors (Lipinski definition) is 6. The second-order valence-corrected chi connectivity index (χ2v) is 3.63. The number of nitrogens with zero attached hydrogens (tertiary/aromatic N) is 6. The third-order valence-corrected chi connectivity index (χ3v) is 2.45. The second kappa shape index (κ2) is 4.55. The van der Waals surface area contributed by atoms with Crippen molar-refractivity contribution in [1.82, 2.24) is 14.5 Å². The Balaban J connectivity index is 2.61. The number of nitro groups is 1. The zero-order valence-electron chi connectivity index (χ0n) is 9.73. The molecule has 0 atom stereocenters. The Labute approximate surface area is 107 Å². The van der Waals surface area contributed by atoms with E-state index >= 15 is 0 Å². The molecule has 2 aromatic rings. The number of imidazole rings is 1. The summed E-state index contributed by atoms with van der Waals surface area (Å²) in [4.78, 5) is 17.8. The first kappa shape index (κ1) is 12.2. The van der Waals surface area contributed by atoms with Gasteiger partial charge in [0, 0.05) is 6.07 Å². The molecule has 0 aliphatic rings. The molecule has 0 aliphatic heterocycles. The summed E-state index contributed by atoms with van der Waals surface area (Å²) >= 11 is 0.